The number of carbonyl (C=O) groups is 1. The molecule has 112 valence electrons. The predicted octanol–water partition coefficient (Wildman–Crippen LogP) is 4.87. The number of unbranched alkanes of at least 4 members (excludes halogenated alkanes) is 1. The third-order valence-corrected chi connectivity index (χ3v) is 4.13. The zero-order chi connectivity index (χ0) is 15.1. The van der Waals surface area contributed by atoms with E-state index in [2.05, 4.69) is 29.8 Å². The first-order valence-electron chi connectivity index (χ1n) is 7.04. The van der Waals surface area contributed by atoms with Gasteiger partial charge < -0.3 is 9.47 Å². The Morgan fingerprint density at radius 1 is 1.20 bits per heavy atom. The summed E-state index contributed by atoms with van der Waals surface area (Å²) in [7, 11) is 3.17. The molecule has 0 N–H and O–H groups in total. The number of Topliss-reactive ketones (excluding diaryl/α,β-unsaturated/α-hetero) is 1. The van der Waals surface area contributed by atoms with E-state index in [1.54, 1.807) is 26.4 Å². The average molecular weight is 343 g/mol. The van der Waals surface area contributed by atoms with Gasteiger partial charge in [-0.25, -0.2) is 0 Å². The van der Waals surface area contributed by atoms with Crippen molar-refractivity contribution in [3.8, 4) is 11.5 Å². The summed E-state index contributed by atoms with van der Waals surface area (Å²) in [5.74, 6) is 1.44. The van der Waals surface area contributed by atoms with Gasteiger partial charge in [-0.15, -0.1) is 0 Å². The Labute approximate surface area is 129 Å². The first-order chi connectivity index (χ1) is 9.58. The van der Waals surface area contributed by atoms with E-state index in [9.17, 15) is 4.79 Å². The lowest BCUT2D eigenvalue weighted by molar-refractivity contribution is 0.0904. The molecule has 0 radical (unpaired) electrons. The number of carbonyl (C=O) groups excluding carboxylic acids is 1. The highest BCUT2D eigenvalue weighted by Crippen LogP contribution is 2.35. The SMILES string of the molecule is CCCCC(CC)C(=O)c1cc(OC)c(Br)cc1OC. The Balaban J connectivity index is 3.12. The normalized spacial score (nSPS) is 12.1. The van der Waals surface area contributed by atoms with Crippen LogP contribution >= 0.6 is 15.9 Å². The van der Waals surface area contributed by atoms with Crippen molar-refractivity contribution in [2.45, 2.75) is 39.5 Å². The van der Waals surface area contributed by atoms with Gasteiger partial charge in [0.25, 0.3) is 0 Å². The molecule has 1 rings (SSSR count). The van der Waals surface area contributed by atoms with Gasteiger partial charge in [0.15, 0.2) is 5.78 Å². The highest BCUT2D eigenvalue weighted by Gasteiger charge is 2.23. The number of ether oxygens (including phenoxy) is 2. The molecule has 0 saturated carbocycles. The average Bonchev–Trinajstić information content (AvgIpc) is 2.47. The summed E-state index contributed by atoms with van der Waals surface area (Å²) in [6, 6.07) is 3.55. The molecule has 0 aliphatic heterocycles. The molecular formula is C16H23BrO3. The van der Waals surface area contributed by atoms with Crippen LogP contribution in [0, 0.1) is 5.92 Å². The monoisotopic (exact) mass is 342 g/mol. The highest BCUT2D eigenvalue weighted by atomic mass is 79.9. The number of halogens is 1. The standard InChI is InChI=1S/C16H23BrO3/c1-5-7-8-11(6-2)16(18)12-9-15(20-4)13(17)10-14(12)19-3/h9-11H,5-8H2,1-4H3. The molecule has 20 heavy (non-hydrogen) atoms. The smallest absolute Gasteiger partial charge is 0.169 e. The van der Waals surface area contributed by atoms with Gasteiger partial charge in [-0.2, -0.15) is 0 Å². The lowest BCUT2D eigenvalue weighted by Gasteiger charge is -2.17. The Hall–Kier alpha value is -1.03. The molecule has 0 aliphatic carbocycles. The molecule has 0 spiro atoms. The van der Waals surface area contributed by atoms with Crippen LogP contribution in [0.2, 0.25) is 0 Å². The summed E-state index contributed by atoms with van der Waals surface area (Å²) >= 11 is 3.41. The second-order valence-electron chi connectivity index (χ2n) is 4.80. The summed E-state index contributed by atoms with van der Waals surface area (Å²) in [5.41, 5.74) is 0.607. The van der Waals surface area contributed by atoms with Gasteiger partial charge in [0.2, 0.25) is 0 Å². The number of benzene rings is 1. The van der Waals surface area contributed by atoms with Crippen LogP contribution in [0.5, 0.6) is 11.5 Å². The third kappa shape index (κ3) is 3.98. The number of hydrogen-bond acceptors (Lipinski definition) is 3. The molecule has 0 amide bonds. The molecule has 0 saturated heterocycles. The van der Waals surface area contributed by atoms with E-state index in [0.29, 0.717) is 17.1 Å². The maximum atomic E-state index is 12.7. The van der Waals surface area contributed by atoms with Crippen LogP contribution in [0.25, 0.3) is 0 Å². The van der Waals surface area contributed by atoms with Crippen LogP contribution in [0.3, 0.4) is 0 Å². The molecule has 0 bridgehead atoms. The summed E-state index contributed by atoms with van der Waals surface area (Å²) in [4.78, 5) is 12.7. The minimum Gasteiger partial charge on any atom is -0.496 e. The third-order valence-electron chi connectivity index (χ3n) is 3.51. The second-order valence-corrected chi connectivity index (χ2v) is 5.65. The topological polar surface area (TPSA) is 35.5 Å². The fourth-order valence-electron chi connectivity index (χ4n) is 2.24. The van der Waals surface area contributed by atoms with Crippen molar-refractivity contribution < 1.29 is 14.3 Å². The fourth-order valence-corrected chi connectivity index (χ4v) is 2.73. The largest absolute Gasteiger partial charge is 0.496 e. The maximum Gasteiger partial charge on any atom is 0.169 e. The van der Waals surface area contributed by atoms with Crippen LogP contribution in [-0.2, 0) is 0 Å². The molecular weight excluding hydrogens is 320 g/mol. The molecule has 1 atom stereocenters. The van der Waals surface area contributed by atoms with E-state index < -0.39 is 0 Å². The van der Waals surface area contributed by atoms with E-state index in [1.165, 1.54) is 0 Å². The van der Waals surface area contributed by atoms with Crippen molar-refractivity contribution in [3.63, 3.8) is 0 Å². The predicted molar refractivity (Wildman–Crippen MR) is 84.9 cm³/mol. The molecule has 0 heterocycles. The molecule has 1 aromatic rings. The van der Waals surface area contributed by atoms with Gasteiger partial charge in [0.05, 0.1) is 24.3 Å². The van der Waals surface area contributed by atoms with Crippen LogP contribution in [0.4, 0.5) is 0 Å². The van der Waals surface area contributed by atoms with Crippen molar-refractivity contribution in [1.29, 1.82) is 0 Å². The number of hydrogen-bond donors (Lipinski definition) is 0. The van der Waals surface area contributed by atoms with Crippen molar-refractivity contribution in [2.24, 2.45) is 5.92 Å². The summed E-state index contributed by atoms with van der Waals surface area (Å²) in [5, 5.41) is 0. The number of ketones is 1. The van der Waals surface area contributed by atoms with Crippen LogP contribution in [0.15, 0.2) is 16.6 Å². The fraction of sp³-hybridized carbons (Fsp3) is 0.562. The van der Waals surface area contributed by atoms with Crippen molar-refractivity contribution in [1.82, 2.24) is 0 Å². The number of methoxy groups -OCH3 is 2. The first-order valence-corrected chi connectivity index (χ1v) is 7.83. The summed E-state index contributed by atoms with van der Waals surface area (Å²) in [6.07, 6.45) is 3.94. The molecule has 0 aliphatic rings. The van der Waals surface area contributed by atoms with E-state index in [-0.39, 0.29) is 11.7 Å². The maximum absolute atomic E-state index is 12.7. The molecule has 1 aromatic carbocycles. The van der Waals surface area contributed by atoms with E-state index in [1.807, 2.05) is 0 Å². The minimum atomic E-state index is 0.0507. The zero-order valence-corrected chi connectivity index (χ0v) is 14.2. The molecule has 0 aromatic heterocycles. The zero-order valence-electron chi connectivity index (χ0n) is 12.7. The van der Waals surface area contributed by atoms with Crippen LogP contribution in [-0.4, -0.2) is 20.0 Å². The van der Waals surface area contributed by atoms with Gasteiger partial charge in [-0.1, -0.05) is 26.7 Å². The summed E-state index contributed by atoms with van der Waals surface area (Å²) < 4.78 is 11.4. The Morgan fingerprint density at radius 2 is 1.85 bits per heavy atom. The van der Waals surface area contributed by atoms with Crippen molar-refractivity contribution in [3.05, 3.63) is 22.2 Å². The van der Waals surface area contributed by atoms with Gasteiger partial charge in [-0.3, -0.25) is 4.79 Å². The Morgan fingerprint density at radius 3 is 2.35 bits per heavy atom. The van der Waals surface area contributed by atoms with E-state index in [4.69, 9.17) is 9.47 Å². The first kappa shape index (κ1) is 17.0. The van der Waals surface area contributed by atoms with E-state index >= 15 is 0 Å². The van der Waals surface area contributed by atoms with Crippen LogP contribution < -0.4 is 9.47 Å². The second kappa shape index (κ2) is 8.30. The molecule has 1 unspecified atom stereocenters. The molecule has 0 fully saturated rings. The highest BCUT2D eigenvalue weighted by molar-refractivity contribution is 9.10. The number of rotatable bonds is 8. The minimum absolute atomic E-state index is 0.0507. The lowest BCUT2D eigenvalue weighted by atomic mass is 9.90. The summed E-state index contributed by atoms with van der Waals surface area (Å²) in [6.45, 7) is 4.20. The lowest BCUT2D eigenvalue weighted by Crippen LogP contribution is -2.15. The quantitative estimate of drug-likeness (QED) is 0.632. The van der Waals surface area contributed by atoms with Crippen LogP contribution in [0.1, 0.15) is 49.9 Å². The van der Waals surface area contributed by atoms with Gasteiger partial charge in [-0.05, 0) is 40.9 Å². The van der Waals surface area contributed by atoms with Gasteiger partial charge in [0, 0.05) is 5.92 Å². The van der Waals surface area contributed by atoms with E-state index in [0.717, 1.165) is 30.2 Å². The van der Waals surface area contributed by atoms with Gasteiger partial charge >= 0.3 is 0 Å². The Bertz CT molecular complexity index is 457. The Kier molecular flexibility index (Phi) is 7.06. The van der Waals surface area contributed by atoms with Crippen molar-refractivity contribution >= 4 is 21.7 Å². The molecule has 4 heteroatoms. The van der Waals surface area contributed by atoms with Crippen molar-refractivity contribution in [2.75, 3.05) is 14.2 Å². The van der Waals surface area contributed by atoms with Gasteiger partial charge in [0.1, 0.15) is 11.5 Å². The molecule has 3 nitrogen and oxygen atoms in total.